The summed E-state index contributed by atoms with van der Waals surface area (Å²) in [6.07, 6.45) is 7.07. The molecule has 21 heavy (non-hydrogen) atoms. The van der Waals surface area contributed by atoms with Crippen LogP contribution in [0.1, 0.15) is 43.9 Å². The number of unbranched alkanes of at least 4 members (excludes halogenated alkanes) is 1. The lowest BCUT2D eigenvalue weighted by molar-refractivity contribution is 0.728. The summed E-state index contributed by atoms with van der Waals surface area (Å²) in [5.41, 5.74) is 3.75. The van der Waals surface area contributed by atoms with Crippen molar-refractivity contribution in [3.05, 3.63) is 40.5 Å². The monoisotopic (exact) mass is 303 g/mol. The molecule has 0 atom stereocenters. The molecule has 0 aliphatic carbocycles. The first-order valence-corrected chi connectivity index (χ1v) is 8.28. The predicted molar refractivity (Wildman–Crippen MR) is 88.6 cm³/mol. The van der Waals surface area contributed by atoms with Gasteiger partial charge in [0.1, 0.15) is 5.82 Å². The van der Waals surface area contributed by atoms with Crippen LogP contribution in [0.5, 0.6) is 0 Å². The Kier molecular flexibility index (Phi) is 4.49. The van der Waals surface area contributed by atoms with E-state index in [9.17, 15) is 0 Å². The largest absolute Gasteiger partial charge is 0.370 e. The highest BCUT2D eigenvalue weighted by molar-refractivity contribution is 6.30. The molecule has 0 bridgehead atoms. The average molecular weight is 304 g/mol. The molecular formula is C17H22ClN3. The van der Waals surface area contributed by atoms with Crippen LogP contribution in [-0.4, -0.2) is 16.3 Å². The summed E-state index contributed by atoms with van der Waals surface area (Å²) in [6.45, 7) is 3.26. The van der Waals surface area contributed by atoms with Crippen LogP contribution >= 0.6 is 11.6 Å². The molecule has 0 spiro atoms. The first-order chi connectivity index (χ1) is 10.3. The van der Waals surface area contributed by atoms with Gasteiger partial charge in [-0.1, -0.05) is 24.9 Å². The minimum Gasteiger partial charge on any atom is -0.370 e. The number of hydrogen-bond donors (Lipinski definition) is 1. The van der Waals surface area contributed by atoms with Gasteiger partial charge in [0.25, 0.3) is 0 Å². The molecule has 0 radical (unpaired) electrons. The fraction of sp³-hybridized carbons (Fsp3) is 0.471. The Labute approximate surface area is 131 Å². The number of anilines is 1. The molecule has 0 saturated heterocycles. The van der Waals surface area contributed by atoms with Crippen LogP contribution < -0.4 is 5.32 Å². The summed E-state index contributed by atoms with van der Waals surface area (Å²) in [5.74, 6) is 1.18. The van der Waals surface area contributed by atoms with Crippen LogP contribution in [-0.2, 0) is 12.8 Å². The van der Waals surface area contributed by atoms with E-state index in [-0.39, 0.29) is 0 Å². The van der Waals surface area contributed by atoms with Gasteiger partial charge in [-0.2, -0.15) is 5.10 Å². The second-order valence-electron chi connectivity index (χ2n) is 5.65. The molecule has 1 aromatic heterocycles. The Morgan fingerprint density at radius 2 is 2.05 bits per heavy atom. The molecule has 2 heterocycles. The van der Waals surface area contributed by atoms with Gasteiger partial charge in [0, 0.05) is 17.1 Å². The van der Waals surface area contributed by atoms with Crippen LogP contribution in [0.3, 0.4) is 0 Å². The molecule has 3 rings (SSSR count). The number of halogens is 1. The Bertz CT molecular complexity index is 601. The molecular weight excluding hydrogens is 282 g/mol. The van der Waals surface area contributed by atoms with Crippen molar-refractivity contribution in [1.29, 1.82) is 0 Å². The van der Waals surface area contributed by atoms with Crippen molar-refractivity contribution in [2.75, 3.05) is 11.9 Å². The quantitative estimate of drug-likeness (QED) is 0.893. The van der Waals surface area contributed by atoms with Gasteiger partial charge in [0.15, 0.2) is 0 Å². The maximum atomic E-state index is 6.00. The first-order valence-electron chi connectivity index (χ1n) is 7.90. The summed E-state index contributed by atoms with van der Waals surface area (Å²) in [4.78, 5) is 0. The highest BCUT2D eigenvalue weighted by Gasteiger charge is 2.20. The summed E-state index contributed by atoms with van der Waals surface area (Å²) in [7, 11) is 0. The topological polar surface area (TPSA) is 29.9 Å². The van der Waals surface area contributed by atoms with Crippen molar-refractivity contribution >= 4 is 17.4 Å². The number of aromatic nitrogens is 2. The number of nitrogens with zero attached hydrogens (tertiary/aromatic N) is 2. The smallest absolute Gasteiger partial charge is 0.133 e. The lowest BCUT2D eigenvalue weighted by Crippen LogP contribution is -2.07. The van der Waals surface area contributed by atoms with Gasteiger partial charge in [-0.15, -0.1) is 0 Å². The number of fused-ring (bicyclic) bond motifs is 1. The van der Waals surface area contributed by atoms with Crippen molar-refractivity contribution in [3.8, 4) is 5.69 Å². The Balaban J connectivity index is 2.02. The number of nitrogens with one attached hydrogen (secondary N) is 1. The van der Waals surface area contributed by atoms with Crippen molar-refractivity contribution in [2.24, 2.45) is 0 Å². The van der Waals surface area contributed by atoms with E-state index >= 15 is 0 Å². The zero-order chi connectivity index (χ0) is 14.7. The second kappa shape index (κ2) is 6.52. The van der Waals surface area contributed by atoms with Gasteiger partial charge < -0.3 is 5.32 Å². The van der Waals surface area contributed by atoms with E-state index in [4.69, 9.17) is 16.7 Å². The highest BCUT2D eigenvalue weighted by atomic mass is 35.5. The Morgan fingerprint density at radius 1 is 1.24 bits per heavy atom. The van der Waals surface area contributed by atoms with Crippen molar-refractivity contribution in [2.45, 2.75) is 45.4 Å². The lowest BCUT2D eigenvalue weighted by Gasteiger charge is -2.09. The van der Waals surface area contributed by atoms with E-state index in [1.54, 1.807) is 0 Å². The van der Waals surface area contributed by atoms with Crippen molar-refractivity contribution < 1.29 is 0 Å². The minimum absolute atomic E-state index is 0.760. The Hall–Kier alpha value is -1.48. The average Bonchev–Trinajstić information content (AvgIpc) is 2.68. The second-order valence-corrected chi connectivity index (χ2v) is 6.09. The molecule has 0 saturated carbocycles. The third-order valence-corrected chi connectivity index (χ3v) is 4.30. The van der Waals surface area contributed by atoms with Gasteiger partial charge in [0.05, 0.1) is 11.4 Å². The highest BCUT2D eigenvalue weighted by Crippen LogP contribution is 2.29. The third kappa shape index (κ3) is 3.08. The zero-order valence-electron chi connectivity index (χ0n) is 12.5. The van der Waals surface area contributed by atoms with E-state index in [1.165, 1.54) is 42.8 Å². The molecule has 1 N–H and O–H groups in total. The predicted octanol–water partition coefficient (Wildman–Crippen LogP) is 4.62. The van der Waals surface area contributed by atoms with Crippen LogP contribution in [0.2, 0.25) is 5.02 Å². The molecule has 0 unspecified atom stereocenters. The van der Waals surface area contributed by atoms with Crippen LogP contribution in [0.4, 0.5) is 5.82 Å². The summed E-state index contributed by atoms with van der Waals surface area (Å²) >= 11 is 6.00. The first kappa shape index (κ1) is 14.5. The number of benzene rings is 1. The molecule has 4 heteroatoms. The molecule has 112 valence electrons. The van der Waals surface area contributed by atoms with E-state index < -0.39 is 0 Å². The van der Waals surface area contributed by atoms with Gasteiger partial charge in [-0.25, -0.2) is 4.68 Å². The Morgan fingerprint density at radius 3 is 2.81 bits per heavy atom. The van der Waals surface area contributed by atoms with Crippen LogP contribution in [0.15, 0.2) is 24.3 Å². The number of hydrogen-bond acceptors (Lipinski definition) is 2. The molecule has 1 aromatic carbocycles. The molecule has 1 aliphatic heterocycles. The number of rotatable bonds is 4. The van der Waals surface area contributed by atoms with Gasteiger partial charge >= 0.3 is 0 Å². The van der Waals surface area contributed by atoms with E-state index in [0.717, 1.165) is 30.1 Å². The zero-order valence-corrected chi connectivity index (χ0v) is 13.3. The summed E-state index contributed by atoms with van der Waals surface area (Å²) in [5, 5.41) is 9.21. The fourth-order valence-electron chi connectivity index (χ4n) is 2.89. The standard InChI is InChI=1S/C17H22ClN3/c1-2-3-7-16-15-6-4-5-12-19-17(15)21(20-16)14-10-8-13(18)9-11-14/h8-11,19H,2-7,12H2,1H3. The van der Waals surface area contributed by atoms with Gasteiger partial charge in [0.2, 0.25) is 0 Å². The normalized spacial score (nSPS) is 14.4. The molecule has 3 nitrogen and oxygen atoms in total. The van der Waals surface area contributed by atoms with Gasteiger partial charge in [-0.3, -0.25) is 0 Å². The lowest BCUT2D eigenvalue weighted by atomic mass is 10.1. The third-order valence-electron chi connectivity index (χ3n) is 4.05. The SMILES string of the molecule is CCCCc1nn(-c2ccc(Cl)cc2)c2c1CCCCN2. The van der Waals surface area contributed by atoms with E-state index in [2.05, 4.69) is 16.9 Å². The molecule has 1 aliphatic rings. The van der Waals surface area contributed by atoms with E-state index in [1.807, 2.05) is 24.3 Å². The maximum absolute atomic E-state index is 6.00. The van der Waals surface area contributed by atoms with Gasteiger partial charge in [-0.05, 0) is 56.4 Å². The van der Waals surface area contributed by atoms with Crippen LogP contribution in [0.25, 0.3) is 5.69 Å². The minimum atomic E-state index is 0.760. The fourth-order valence-corrected chi connectivity index (χ4v) is 3.01. The number of aryl methyl sites for hydroxylation is 1. The van der Waals surface area contributed by atoms with E-state index in [0.29, 0.717) is 0 Å². The van der Waals surface area contributed by atoms with Crippen molar-refractivity contribution in [3.63, 3.8) is 0 Å². The molecule has 2 aromatic rings. The van der Waals surface area contributed by atoms with Crippen LogP contribution in [0, 0.1) is 0 Å². The van der Waals surface area contributed by atoms with Crippen molar-refractivity contribution in [1.82, 2.24) is 9.78 Å². The summed E-state index contributed by atoms with van der Waals surface area (Å²) < 4.78 is 2.06. The maximum Gasteiger partial charge on any atom is 0.133 e. The summed E-state index contributed by atoms with van der Waals surface area (Å²) in [6, 6.07) is 7.92. The molecule has 0 amide bonds. The molecule has 0 fully saturated rings.